The van der Waals surface area contributed by atoms with Gasteiger partial charge < -0.3 is 0 Å². The van der Waals surface area contributed by atoms with Gasteiger partial charge in [0.15, 0.2) is 0 Å². The summed E-state index contributed by atoms with van der Waals surface area (Å²) in [6.45, 7) is 0. The maximum atomic E-state index is 3.85. The Morgan fingerprint density at radius 3 is 0.886 bits per heavy atom. The number of hydrogen-bond acceptors (Lipinski definition) is 0. The second-order valence-electron chi connectivity index (χ2n) is 11.1. The Hall–Kier alpha value is -4.50. The Labute approximate surface area is 273 Å². The second kappa shape index (κ2) is 11.2. The van der Waals surface area contributed by atoms with Gasteiger partial charge in [-0.1, -0.05) is 165 Å². The molecule has 0 saturated carbocycles. The molecule has 44 heavy (non-hydrogen) atoms. The van der Waals surface area contributed by atoms with Crippen molar-refractivity contribution in [2.75, 3.05) is 0 Å². The highest BCUT2D eigenvalue weighted by molar-refractivity contribution is 9.10. The Morgan fingerprint density at radius 1 is 0.273 bits per heavy atom. The monoisotopic (exact) mass is 688 g/mol. The molecule has 0 aliphatic heterocycles. The van der Waals surface area contributed by atoms with E-state index in [1.54, 1.807) is 0 Å². The summed E-state index contributed by atoms with van der Waals surface area (Å²) in [5.41, 5.74) is 9.76. The highest BCUT2D eigenvalue weighted by Crippen LogP contribution is 2.54. The summed E-state index contributed by atoms with van der Waals surface area (Å²) in [5.74, 6) is 0. The highest BCUT2D eigenvalue weighted by Gasteiger charge is 2.27. The van der Waals surface area contributed by atoms with Crippen molar-refractivity contribution in [2.24, 2.45) is 0 Å². The van der Waals surface area contributed by atoms with E-state index in [1.807, 2.05) is 0 Å². The first-order valence-electron chi connectivity index (χ1n) is 14.7. The van der Waals surface area contributed by atoms with Crippen molar-refractivity contribution < 1.29 is 0 Å². The van der Waals surface area contributed by atoms with Gasteiger partial charge in [0.05, 0.1) is 0 Å². The first kappa shape index (κ1) is 27.1. The van der Waals surface area contributed by atoms with Gasteiger partial charge in [-0.2, -0.15) is 0 Å². The van der Waals surface area contributed by atoms with Crippen LogP contribution in [0.3, 0.4) is 0 Å². The van der Waals surface area contributed by atoms with Gasteiger partial charge in [-0.3, -0.25) is 0 Å². The van der Waals surface area contributed by atoms with E-state index in [2.05, 4.69) is 190 Å². The second-order valence-corrected chi connectivity index (χ2v) is 12.9. The molecule has 0 aromatic heterocycles. The third-order valence-electron chi connectivity index (χ3n) is 8.54. The highest BCUT2D eigenvalue weighted by atomic mass is 79.9. The average molecular weight is 690 g/mol. The topological polar surface area (TPSA) is 0 Å². The zero-order valence-electron chi connectivity index (χ0n) is 23.8. The van der Waals surface area contributed by atoms with Crippen molar-refractivity contribution in [3.63, 3.8) is 0 Å². The van der Waals surface area contributed by atoms with Gasteiger partial charge in [0.25, 0.3) is 0 Å². The van der Waals surface area contributed by atoms with Gasteiger partial charge in [-0.05, 0) is 101 Å². The maximum Gasteiger partial charge on any atom is 0.0181 e. The molecule has 0 saturated heterocycles. The van der Waals surface area contributed by atoms with Crippen LogP contribution in [0.5, 0.6) is 0 Å². The molecule has 0 aliphatic carbocycles. The Bertz CT molecular complexity index is 2140. The molecule has 0 unspecified atom stereocenters. The Kier molecular flexibility index (Phi) is 6.90. The quantitative estimate of drug-likeness (QED) is 0.161. The number of hydrogen-bond donors (Lipinski definition) is 0. The van der Waals surface area contributed by atoms with E-state index < -0.39 is 0 Å². The molecule has 8 rings (SSSR count). The van der Waals surface area contributed by atoms with Crippen molar-refractivity contribution in [2.45, 2.75) is 0 Å². The van der Waals surface area contributed by atoms with E-state index >= 15 is 0 Å². The van der Waals surface area contributed by atoms with Crippen LogP contribution in [0.1, 0.15) is 0 Å². The summed E-state index contributed by atoms with van der Waals surface area (Å²) in [6.07, 6.45) is 0. The van der Waals surface area contributed by atoms with E-state index in [-0.39, 0.29) is 0 Å². The standard InChI is InChI=1S/C42H26Br2/c43-31-21-23-33-34-24-22-32(44)26-36(34)42-40(30-19-11-4-12-20-30)38(28-15-7-2-8-16-28)37(27-13-5-1-6-14-27)39(41(42)35(33)25-31)29-17-9-3-10-18-29/h1-26H. The predicted molar refractivity (Wildman–Crippen MR) is 196 cm³/mol. The Balaban J connectivity index is 1.79. The van der Waals surface area contributed by atoms with E-state index in [4.69, 9.17) is 0 Å². The first-order valence-corrected chi connectivity index (χ1v) is 16.3. The van der Waals surface area contributed by atoms with Crippen LogP contribution in [0.25, 0.3) is 76.8 Å². The minimum Gasteiger partial charge on any atom is -0.0622 e. The van der Waals surface area contributed by atoms with E-state index in [9.17, 15) is 0 Å². The fraction of sp³-hybridized carbons (Fsp3) is 0. The summed E-state index contributed by atoms with van der Waals surface area (Å²) in [4.78, 5) is 0. The van der Waals surface area contributed by atoms with Crippen LogP contribution in [0, 0.1) is 0 Å². The van der Waals surface area contributed by atoms with Crippen molar-refractivity contribution in [3.8, 4) is 44.5 Å². The number of rotatable bonds is 4. The third kappa shape index (κ3) is 4.49. The smallest absolute Gasteiger partial charge is 0.0181 e. The van der Waals surface area contributed by atoms with E-state index in [1.165, 1.54) is 76.8 Å². The van der Waals surface area contributed by atoms with E-state index in [0.717, 1.165) is 8.95 Å². The lowest BCUT2D eigenvalue weighted by Crippen LogP contribution is -1.99. The van der Waals surface area contributed by atoms with Gasteiger partial charge in [0.1, 0.15) is 0 Å². The molecule has 0 amide bonds. The molecule has 8 aromatic rings. The molecule has 8 aromatic carbocycles. The molecule has 0 aliphatic rings. The minimum absolute atomic E-state index is 1.07. The Morgan fingerprint density at radius 2 is 0.568 bits per heavy atom. The fourth-order valence-electron chi connectivity index (χ4n) is 6.78. The van der Waals surface area contributed by atoms with Gasteiger partial charge in [-0.15, -0.1) is 0 Å². The first-order chi connectivity index (χ1) is 21.7. The van der Waals surface area contributed by atoms with Crippen molar-refractivity contribution in [1.29, 1.82) is 0 Å². The van der Waals surface area contributed by atoms with Crippen LogP contribution in [0.4, 0.5) is 0 Å². The molecule has 0 fully saturated rings. The van der Waals surface area contributed by atoms with Crippen LogP contribution in [-0.4, -0.2) is 0 Å². The summed E-state index contributed by atoms with van der Waals surface area (Å²) in [6, 6.07) is 57.1. The molecule has 0 N–H and O–H groups in total. The molecule has 2 heteroatoms. The van der Waals surface area contributed by atoms with Crippen molar-refractivity contribution in [3.05, 3.63) is 167 Å². The fourth-order valence-corrected chi connectivity index (χ4v) is 7.50. The molecule has 0 nitrogen and oxygen atoms in total. The lowest BCUT2D eigenvalue weighted by atomic mass is 9.76. The predicted octanol–water partition coefficient (Wildman–Crippen LogP) is 13.3. The average Bonchev–Trinajstić information content (AvgIpc) is 3.08. The van der Waals surface area contributed by atoms with E-state index in [0.29, 0.717) is 0 Å². The summed E-state index contributed by atoms with van der Waals surface area (Å²) < 4.78 is 2.13. The zero-order valence-corrected chi connectivity index (χ0v) is 26.9. The normalized spacial score (nSPS) is 11.4. The lowest BCUT2D eigenvalue weighted by Gasteiger charge is -2.26. The molecule has 0 radical (unpaired) electrons. The molecule has 0 bridgehead atoms. The molecule has 0 heterocycles. The summed E-state index contributed by atoms with van der Waals surface area (Å²) in [7, 11) is 0. The molecular weight excluding hydrogens is 664 g/mol. The molecular formula is C42H26Br2. The zero-order chi connectivity index (χ0) is 29.6. The largest absolute Gasteiger partial charge is 0.0622 e. The van der Waals surface area contributed by atoms with Crippen LogP contribution in [0.2, 0.25) is 0 Å². The number of halogens is 2. The summed E-state index contributed by atoms with van der Waals surface area (Å²) in [5, 5.41) is 7.47. The number of fused-ring (bicyclic) bond motifs is 6. The molecule has 208 valence electrons. The van der Waals surface area contributed by atoms with Crippen LogP contribution < -0.4 is 0 Å². The third-order valence-corrected chi connectivity index (χ3v) is 9.53. The molecule has 0 spiro atoms. The van der Waals surface area contributed by atoms with Gasteiger partial charge >= 0.3 is 0 Å². The van der Waals surface area contributed by atoms with Gasteiger partial charge in [-0.25, -0.2) is 0 Å². The maximum absolute atomic E-state index is 3.85. The van der Waals surface area contributed by atoms with Crippen molar-refractivity contribution in [1.82, 2.24) is 0 Å². The number of benzene rings is 8. The van der Waals surface area contributed by atoms with Crippen LogP contribution >= 0.6 is 31.9 Å². The van der Waals surface area contributed by atoms with Gasteiger partial charge in [0.2, 0.25) is 0 Å². The lowest BCUT2D eigenvalue weighted by molar-refractivity contribution is 1.57. The SMILES string of the molecule is Brc1ccc2c3ccc(Br)cc3c3c(-c4ccccc4)c(-c4ccccc4)c(-c4ccccc4)c(-c4ccccc4)c3c2c1. The minimum atomic E-state index is 1.07. The van der Waals surface area contributed by atoms with Crippen LogP contribution in [-0.2, 0) is 0 Å². The summed E-state index contributed by atoms with van der Waals surface area (Å²) >= 11 is 7.69. The molecule has 0 atom stereocenters. The van der Waals surface area contributed by atoms with Gasteiger partial charge in [0, 0.05) is 8.95 Å². The van der Waals surface area contributed by atoms with Crippen molar-refractivity contribution >= 4 is 64.2 Å². The van der Waals surface area contributed by atoms with Crippen LogP contribution in [0.15, 0.2) is 167 Å².